The number of hydrogen-bond acceptors (Lipinski definition) is 4. The van der Waals surface area contributed by atoms with Crippen LogP contribution in [0.15, 0.2) is 91.0 Å². The number of rotatable bonds is 7. The van der Waals surface area contributed by atoms with Crippen molar-refractivity contribution in [3.63, 3.8) is 0 Å². The fourth-order valence-electron chi connectivity index (χ4n) is 3.25. The smallest absolute Gasteiger partial charge is 0.262 e. The number of nitrogens with one attached hydrogen (secondary N) is 2. The van der Waals surface area contributed by atoms with Crippen molar-refractivity contribution in [1.29, 1.82) is 0 Å². The van der Waals surface area contributed by atoms with Crippen LogP contribution in [0.2, 0.25) is 0 Å². The third kappa shape index (κ3) is 4.36. The van der Waals surface area contributed by atoms with E-state index in [-0.39, 0.29) is 12.5 Å². The Labute approximate surface area is 175 Å². The van der Waals surface area contributed by atoms with E-state index in [2.05, 4.69) is 10.6 Å². The first-order valence-corrected chi connectivity index (χ1v) is 9.64. The first kappa shape index (κ1) is 19.3. The number of fused-ring (bicyclic) bond motifs is 1. The lowest BCUT2D eigenvalue weighted by atomic mass is 10.1. The van der Waals surface area contributed by atoms with Gasteiger partial charge in [-0.3, -0.25) is 4.79 Å². The molecule has 0 spiro atoms. The zero-order chi connectivity index (χ0) is 20.8. The molecule has 2 N–H and O–H groups in total. The van der Waals surface area contributed by atoms with Crippen molar-refractivity contribution in [3.05, 3.63) is 91.0 Å². The molecule has 0 unspecified atom stereocenters. The number of para-hydroxylation sites is 4. The number of methoxy groups -OCH3 is 1. The van der Waals surface area contributed by atoms with Crippen molar-refractivity contribution in [3.8, 4) is 11.5 Å². The van der Waals surface area contributed by atoms with Crippen LogP contribution in [-0.4, -0.2) is 19.6 Å². The van der Waals surface area contributed by atoms with E-state index in [0.29, 0.717) is 11.4 Å². The van der Waals surface area contributed by atoms with Gasteiger partial charge >= 0.3 is 0 Å². The fourth-order valence-corrected chi connectivity index (χ4v) is 3.25. The molecule has 0 aromatic heterocycles. The summed E-state index contributed by atoms with van der Waals surface area (Å²) in [6, 6.07) is 28.9. The SMILES string of the molecule is COc1ccccc1Nc1ccccc1NC(=O)COc1cccc2ccccc12. The largest absolute Gasteiger partial charge is 0.495 e. The normalized spacial score (nSPS) is 10.4. The van der Waals surface area contributed by atoms with Crippen LogP contribution in [0.3, 0.4) is 0 Å². The summed E-state index contributed by atoms with van der Waals surface area (Å²) < 4.78 is 11.2. The number of hydrogen-bond donors (Lipinski definition) is 2. The molecule has 4 rings (SSSR count). The number of ether oxygens (including phenoxy) is 2. The molecule has 0 radical (unpaired) electrons. The number of anilines is 3. The fraction of sp³-hybridized carbons (Fsp3) is 0.0800. The van der Waals surface area contributed by atoms with E-state index >= 15 is 0 Å². The lowest BCUT2D eigenvalue weighted by Gasteiger charge is -2.15. The van der Waals surface area contributed by atoms with Gasteiger partial charge in [-0.2, -0.15) is 0 Å². The predicted molar refractivity (Wildman–Crippen MR) is 121 cm³/mol. The van der Waals surface area contributed by atoms with Crippen LogP contribution >= 0.6 is 0 Å². The Morgan fingerprint density at radius 2 is 1.37 bits per heavy atom. The van der Waals surface area contributed by atoms with Crippen LogP contribution in [0, 0.1) is 0 Å². The molecular formula is C25H22N2O3. The molecule has 5 nitrogen and oxygen atoms in total. The van der Waals surface area contributed by atoms with Crippen LogP contribution < -0.4 is 20.1 Å². The number of carbonyl (C=O) groups excluding carboxylic acids is 1. The topological polar surface area (TPSA) is 59.6 Å². The summed E-state index contributed by atoms with van der Waals surface area (Å²) in [6.07, 6.45) is 0. The Balaban J connectivity index is 1.46. The third-order valence-electron chi connectivity index (χ3n) is 4.69. The van der Waals surface area contributed by atoms with E-state index in [1.54, 1.807) is 7.11 Å². The second-order valence-electron chi connectivity index (χ2n) is 6.69. The van der Waals surface area contributed by atoms with Crippen LogP contribution in [-0.2, 0) is 4.79 Å². The van der Waals surface area contributed by atoms with Crippen molar-refractivity contribution < 1.29 is 14.3 Å². The van der Waals surface area contributed by atoms with Gasteiger partial charge in [-0.05, 0) is 35.7 Å². The maximum absolute atomic E-state index is 12.6. The molecule has 0 saturated heterocycles. The molecule has 0 aliphatic rings. The van der Waals surface area contributed by atoms with Crippen LogP contribution in [0.1, 0.15) is 0 Å². The Morgan fingerprint density at radius 3 is 2.20 bits per heavy atom. The van der Waals surface area contributed by atoms with E-state index in [4.69, 9.17) is 9.47 Å². The van der Waals surface area contributed by atoms with E-state index in [0.717, 1.165) is 27.9 Å². The third-order valence-corrected chi connectivity index (χ3v) is 4.69. The van der Waals surface area contributed by atoms with Crippen molar-refractivity contribution in [2.24, 2.45) is 0 Å². The van der Waals surface area contributed by atoms with Gasteiger partial charge in [0.05, 0.1) is 24.2 Å². The Bertz CT molecular complexity index is 1170. The van der Waals surface area contributed by atoms with Gasteiger partial charge in [-0.15, -0.1) is 0 Å². The van der Waals surface area contributed by atoms with Crippen LogP contribution in [0.25, 0.3) is 10.8 Å². The molecular weight excluding hydrogens is 376 g/mol. The van der Waals surface area contributed by atoms with Gasteiger partial charge in [0.25, 0.3) is 5.91 Å². The highest BCUT2D eigenvalue weighted by atomic mass is 16.5. The minimum atomic E-state index is -0.239. The van der Waals surface area contributed by atoms with Crippen molar-refractivity contribution in [1.82, 2.24) is 0 Å². The average Bonchev–Trinajstić information content (AvgIpc) is 2.79. The summed E-state index contributed by atoms with van der Waals surface area (Å²) in [6.45, 7) is -0.0863. The second-order valence-corrected chi connectivity index (χ2v) is 6.69. The molecule has 4 aromatic carbocycles. The quantitative estimate of drug-likeness (QED) is 0.425. The average molecular weight is 398 g/mol. The number of benzene rings is 4. The minimum Gasteiger partial charge on any atom is -0.495 e. The molecule has 0 heterocycles. The lowest BCUT2D eigenvalue weighted by molar-refractivity contribution is -0.118. The van der Waals surface area contributed by atoms with E-state index in [1.807, 2.05) is 91.0 Å². The van der Waals surface area contributed by atoms with Gasteiger partial charge in [0.15, 0.2) is 6.61 Å². The molecule has 5 heteroatoms. The summed E-state index contributed by atoms with van der Waals surface area (Å²) in [7, 11) is 1.62. The van der Waals surface area contributed by atoms with Crippen molar-refractivity contribution in [2.45, 2.75) is 0 Å². The summed E-state index contributed by atoms with van der Waals surface area (Å²) in [5, 5.41) is 8.28. The second kappa shape index (κ2) is 9.01. The monoisotopic (exact) mass is 398 g/mol. The van der Waals surface area contributed by atoms with E-state index in [1.165, 1.54) is 0 Å². The molecule has 0 aliphatic carbocycles. The van der Waals surface area contributed by atoms with Crippen molar-refractivity contribution >= 4 is 33.7 Å². The van der Waals surface area contributed by atoms with Gasteiger partial charge in [0, 0.05) is 5.39 Å². The molecule has 0 aliphatic heterocycles. The number of carbonyl (C=O) groups is 1. The molecule has 0 atom stereocenters. The summed E-state index contributed by atoms with van der Waals surface area (Å²) in [5.74, 6) is 1.17. The van der Waals surface area contributed by atoms with Gasteiger partial charge in [-0.1, -0.05) is 60.7 Å². The highest BCUT2D eigenvalue weighted by molar-refractivity contribution is 5.96. The molecule has 4 aromatic rings. The molecule has 0 saturated carbocycles. The maximum Gasteiger partial charge on any atom is 0.262 e. The first-order valence-electron chi connectivity index (χ1n) is 9.64. The highest BCUT2D eigenvalue weighted by Crippen LogP contribution is 2.31. The standard InChI is InChI=1S/C25H22N2O3/c1-29-24-15-7-6-14-22(24)26-20-12-4-5-13-21(20)27-25(28)17-30-23-16-8-10-18-9-2-3-11-19(18)23/h2-16,26H,17H2,1H3,(H,27,28). The molecule has 0 fully saturated rings. The Kier molecular flexibility index (Phi) is 5.80. The Hall–Kier alpha value is -3.99. The predicted octanol–water partition coefficient (Wildman–Crippen LogP) is 5.61. The zero-order valence-electron chi connectivity index (χ0n) is 16.6. The van der Waals surface area contributed by atoms with Gasteiger partial charge in [0.1, 0.15) is 11.5 Å². The van der Waals surface area contributed by atoms with E-state index in [9.17, 15) is 4.79 Å². The summed E-state index contributed by atoms with van der Waals surface area (Å²) >= 11 is 0. The molecule has 0 bridgehead atoms. The summed E-state index contributed by atoms with van der Waals surface area (Å²) in [4.78, 5) is 12.6. The van der Waals surface area contributed by atoms with Gasteiger partial charge in [-0.25, -0.2) is 0 Å². The molecule has 1 amide bonds. The van der Waals surface area contributed by atoms with Crippen LogP contribution in [0.4, 0.5) is 17.1 Å². The van der Waals surface area contributed by atoms with Gasteiger partial charge in [0.2, 0.25) is 0 Å². The zero-order valence-corrected chi connectivity index (χ0v) is 16.6. The van der Waals surface area contributed by atoms with Gasteiger partial charge < -0.3 is 20.1 Å². The lowest BCUT2D eigenvalue weighted by Crippen LogP contribution is -2.20. The Morgan fingerprint density at radius 1 is 0.733 bits per heavy atom. The maximum atomic E-state index is 12.6. The number of amides is 1. The van der Waals surface area contributed by atoms with E-state index < -0.39 is 0 Å². The first-order chi connectivity index (χ1) is 14.7. The summed E-state index contributed by atoms with van der Waals surface area (Å²) in [5.41, 5.74) is 2.24. The minimum absolute atomic E-state index is 0.0863. The highest BCUT2D eigenvalue weighted by Gasteiger charge is 2.10. The van der Waals surface area contributed by atoms with Crippen molar-refractivity contribution in [2.75, 3.05) is 24.4 Å². The molecule has 150 valence electrons. The molecule has 30 heavy (non-hydrogen) atoms. The van der Waals surface area contributed by atoms with Crippen LogP contribution in [0.5, 0.6) is 11.5 Å².